The molecule has 2 aromatic rings. The van der Waals surface area contributed by atoms with Crippen LogP contribution in [-0.4, -0.2) is 37.5 Å². The lowest BCUT2D eigenvalue weighted by Gasteiger charge is -2.39. The number of benzene rings is 2. The van der Waals surface area contributed by atoms with E-state index in [2.05, 4.69) is 13.8 Å². The van der Waals surface area contributed by atoms with E-state index in [0.717, 1.165) is 75.6 Å². The highest BCUT2D eigenvalue weighted by Gasteiger charge is 2.74. The first kappa shape index (κ1) is 36.2. The summed E-state index contributed by atoms with van der Waals surface area (Å²) in [7, 11) is 0. The van der Waals surface area contributed by atoms with Crippen molar-refractivity contribution in [3.05, 3.63) is 70.8 Å². The van der Waals surface area contributed by atoms with Crippen LogP contribution in [0.3, 0.4) is 0 Å². The van der Waals surface area contributed by atoms with E-state index >= 15 is 26.3 Å². The lowest BCUT2D eigenvalue weighted by molar-refractivity contribution is -0.288. The number of unbranched alkanes of at least 4 members (excludes halogenated alkanes) is 10. The predicted octanol–water partition coefficient (Wildman–Crippen LogP) is 10.1. The summed E-state index contributed by atoms with van der Waals surface area (Å²) in [6.07, 6.45) is -1.89. The Hall–Kier alpha value is -3.04. The van der Waals surface area contributed by atoms with Crippen molar-refractivity contribution in [1.82, 2.24) is 0 Å². The van der Waals surface area contributed by atoms with Crippen molar-refractivity contribution in [2.24, 2.45) is 0 Å². The van der Waals surface area contributed by atoms with Crippen LogP contribution in [0.15, 0.2) is 48.5 Å². The molecule has 0 saturated carbocycles. The molecule has 0 amide bonds. The van der Waals surface area contributed by atoms with Gasteiger partial charge >= 0.3 is 24.3 Å². The van der Waals surface area contributed by atoms with Crippen LogP contribution in [0.1, 0.15) is 123 Å². The monoisotopic (exact) mass is 616 g/mol. The van der Waals surface area contributed by atoms with Crippen molar-refractivity contribution < 1.29 is 45.4 Å². The Bertz CT molecular complexity index is 1050. The van der Waals surface area contributed by atoms with Gasteiger partial charge in [-0.15, -0.1) is 0 Å². The van der Waals surface area contributed by atoms with E-state index in [4.69, 9.17) is 9.47 Å². The molecule has 0 aliphatic carbocycles. The minimum Gasteiger partial charge on any atom is -0.462 e. The number of carbonyl (C=O) groups excluding carboxylic acids is 2. The molecule has 0 aliphatic heterocycles. The summed E-state index contributed by atoms with van der Waals surface area (Å²) in [4.78, 5) is 25.9. The Morgan fingerprint density at radius 1 is 0.535 bits per heavy atom. The lowest BCUT2D eigenvalue weighted by atomic mass is 9.69. The normalized spacial score (nSPS) is 12.3. The Kier molecular flexibility index (Phi) is 14.5. The molecular formula is C33H42F6O4. The van der Waals surface area contributed by atoms with Gasteiger partial charge in [-0.25, -0.2) is 9.59 Å². The van der Waals surface area contributed by atoms with E-state index in [-0.39, 0.29) is 13.2 Å². The summed E-state index contributed by atoms with van der Waals surface area (Å²) in [5.74, 6) is -2.60. The van der Waals surface area contributed by atoms with Crippen molar-refractivity contribution in [1.29, 1.82) is 0 Å². The minimum absolute atomic E-state index is 0.147. The third-order valence-electron chi connectivity index (χ3n) is 7.41. The summed E-state index contributed by atoms with van der Waals surface area (Å²) in [5.41, 5.74) is -9.19. The number of hydrogen-bond acceptors (Lipinski definition) is 4. The van der Waals surface area contributed by atoms with Gasteiger partial charge in [0.1, 0.15) is 0 Å². The lowest BCUT2D eigenvalue weighted by Crippen LogP contribution is -2.56. The number of alkyl halides is 6. The van der Waals surface area contributed by atoms with Crippen molar-refractivity contribution in [3.63, 3.8) is 0 Å². The largest absolute Gasteiger partial charge is 0.462 e. The zero-order chi connectivity index (χ0) is 31.9. The number of ether oxygens (including phenoxy) is 2. The summed E-state index contributed by atoms with van der Waals surface area (Å²) < 4.78 is 100. The molecule has 2 aromatic carbocycles. The van der Waals surface area contributed by atoms with Crippen LogP contribution < -0.4 is 0 Å². The first-order valence-electron chi connectivity index (χ1n) is 15.1. The van der Waals surface area contributed by atoms with Gasteiger partial charge in [-0.2, -0.15) is 26.3 Å². The average molecular weight is 617 g/mol. The molecule has 2 rings (SSSR count). The van der Waals surface area contributed by atoms with Gasteiger partial charge in [-0.05, 0) is 36.1 Å². The number of hydrogen-bond donors (Lipinski definition) is 0. The SMILES string of the molecule is CCCCCCCCOC(=O)c1ccccc1C(c1ccccc1C(=O)OCCCCCCCC)(C(F)(F)F)C(F)(F)F. The second kappa shape index (κ2) is 17.3. The van der Waals surface area contributed by atoms with Crippen molar-refractivity contribution in [2.45, 2.75) is 109 Å². The number of rotatable bonds is 18. The molecule has 4 nitrogen and oxygen atoms in total. The third-order valence-corrected chi connectivity index (χ3v) is 7.41. The van der Waals surface area contributed by atoms with Gasteiger partial charge in [0.15, 0.2) is 0 Å². The molecule has 0 atom stereocenters. The highest BCUT2D eigenvalue weighted by Crippen LogP contribution is 2.57. The average Bonchev–Trinajstić information content (AvgIpc) is 2.95. The molecule has 0 bridgehead atoms. The highest BCUT2D eigenvalue weighted by molar-refractivity contribution is 5.94. The van der Waals surface area contributed by atoms with E-state index in [0.29, 0.717) is 37.8 Å². The molecule has 0 aromatic heterocycles. The van der Waals surface area contributed by atoms with Crippen LogP contribution >= 0.6 is 0 Å². The molecule has 0 unspecified atom stereocenters. The van der Waals surface area contributed by atoms with Crippen LogP contribution in [0.25, 0.3) is 0 Å². The molecule has 0 radical (unpaired) electrons. The van der Waals surface area contributed by atoms with Crippen LogP contribution in [0, 0.1) is 0 Å². The van der Waals surface area contributed by atoms with E-state index in [1.54, 1.807) is 0 Å². The quantitative estimate of drug-likeness (QED) is 0.0950. The number of halogens is 6. The zero-order valence-electron chi connectivity index (χ0n) is 24.9. The van der Waals surface area contributed by atoms with Crippen molar-refractivity contribution >= 4 is 11.9 Å². The van der Waals surface area contributed by atoms with Gasteiger partial charge in [0.25, 0.3) is 0 Å². The van der Waals surface area contributed by atoms with Gasteiger partial charge < -0.3 is 9.47 Å². The maximum Gasteiger partial charge on any atom is 0.411 e. The zero-order valence-corrected chi connectivity index (χ0v) is 24.9. The Morgan fingerprint density at radius 3 is 1.21 bits per heavy atom. The molecule has 0 aliphatic rings. The fourth-order valence-corrected chi connectivity index (χ4v) is 5.14. The summed E-state index contributed by atoms with van der Waals surface area (Å²) >= 11 is 0. The van der Waals surface area contributed by atoms with Crippen LogP contribution in [-0.2, 0) is 14.9 Å². The Labute approximate surface area is 250 Å². The van der Waals surface area contributed by atoms with E-state index < -0.39 is 52.0 Å². The molecule has 0 fully saturated rings. The third kappa shape index (κ3) is 9.47. The van der Waals surface area contributed by atoms with E-state index in [1.165, 1.54) is 12.1 Å². The molecule has 0 heterocycles. The maximum absolute atomic E-state index is 15.0. The standard InChI is InChI=1S/C33H42F6O4/c1-3-5-7-9-11-17-23-42-29(40)25-19-13-15-21-27(25)31(32(34,35)36,33(37,38)39)28-22-16-14-20-26(28)30(41)43-24-18-12-10-8-6-4-2/h13-16,19-22H,3-12,17-18,23-24H2,1-2H3. The van der Waals surface area contributed by atoms with Crippen molar-refractivity contribution in [2.75, 3.05) is 13.2 Å². The molecule has 10 heteroatoms. The van der Waals surface area contributed by atoms with Crippen LogP contribution in [0.5, 0.6) is 0 Å². The van der Waals surface area contributed by atoms with E-state index in [9.17, 15) is 9.59 Å². The van der Waals surface area contributed by atoms with Gasteiger partial charge in [-0.1, -0.05) is 114 Å². The minimum atomic E-state index is -6.00. The first-order valence-corrected chi connectivity index (χ1v) is 15.1. The smallest absolute Gasteiger partial charge is 0.411 e. The van der Waals surface area contributed by atoms with Gasteiger partial charge in [0.05, 0.1) is 24.3 Å². The second-order valence-corrected chi connectivity index (χ2v) is 10.6. The summed E-state index contributed by atoms with van der Waals surface area (Å²) in [5, 5.41) is 0. The maximum atomic E-state index is 15.0. The van der Waals surface area contributed by atoms with Crippen LogP contribution in [0.4, 0.5) is 26.3 Å². The molecular weight excluding hydrogens is 574 g/mol. The fourth-order valence-electron chi connectivity index (χ4n) is 5.14. The highest BCUT2D eigenvalue weighted by atomic mass is 19.4. The predicted molar refractivity (Wildman–Crippen MR) is 153 cm³/mol. The van der Waals surface area contributed by atoms with Gasteiger partial charge in [-0.3, -0.25) is 0 Å². The fraction of sp³-hybridized carbons (Fsp3) is 0.576. The Morgan fingerprint density at radius 2 is 0.860 bits per heavy atom. The molecule has 0 saturated heterocycles. The Balaban J connectivity index is 2.47. The molecule has 240 valence electrons. The summed E-state index contributed by atoms with van der Waals surface area (Å²) in [6.45, 7) is 3.81. The number of carbonyl (C=O) groups is 2. The van der Waals surface area contributed by atoms with Gasteiger partial charge in [0, 0.05) is 0 Å². The molecule has 43 heavy (non-hydrogen) atoms. The second-order valence-electron chi connectivity index (χ2n) is 10.6. The molecule has 0 N–H and O–H groups in total. The van der Waals surface area contributed by atoms with Gasteiger partial charge in [0.2, 0.25) is 5.41 Å². The molecule has 0 spiro atoms. The topological polar surface area (TPSA) is 52.6 Å². The van der Waals surface area contributed by atoms with Crippen molar-refractivity contribution in [3.8, 4) is 0 Å². The summed E-state index contributed by atoms with van der Waals surface area (Å²) in [6, 6.07) is 7.31. The number of esters is 2. The first-order chi connectivity index (χ1) is 20.4. The van der Waals surface area contributed by atoms with Crippen LogP contribution in [0.2, 0.25) is 0 Å². The van der Waals surface area contributed by atoms with E-state index in [1.807, 2.05) is 0 Å².